The van der Waals surface area contributed by atoms with Gasteiger partial charge in [-0.3, -0.25) is 14.2 Å². The van der Waals surface area contributed by atoms with Gasteiger partial charge >= 0.3 is 0 Å². The van der Waals surface area contributed by atoms with Crippen LogP contribution in [0.25, 0.3) is 27.7 Å². The Balaban J connectivity index is 1.26. The van der Waals surface area contributed by atoms with Crippen LogP contribution in [-0.2, 0) is 9.53 Å². The molecule has 42 heavy (non-hydrogen) atoms. The van der Waals surface area contributed by atoms with Crippen molar-refractivity contribution in [1.29, 1.82) is 0 Å². The Morgan fingerprint density at radius 1 is 0.976 bits per heavy atom. The van der Waals surface area contributed by atoms with Gasteiger partial charge in [-0.25, -0.2) is 9.97 Å². The third-order valence-corrected chi connectivity index (χ3v) is 7.24. The summed E-state index contributed by atoms with van der Waals surface area (Å²) in [5.74, 6) is 0.133. The maximum atomic E-state index is 13.7. The summed E-state index contributed by atoms with van der Waals surface area (Å²) >= 11 is 0. The average Bonchev–Trinajstić information content (AvgIpc) is 3.02. The van der Waals surface area contributed by atoms with Gasteiger partial charge < -0.3 is 20.3 Å². The summed E-state index contributed by atoms with van der Waals surface area (Å²) in [5.41, 5.74) is 6.28. The van der Waals surface area contributed by atoms with E-state index in [2.05, 4.69) is 44.2 Å². The Labute approximate surface area is 243 Å². The predicted molar refractivity (Wildman–Crippen MR) is 167 cm³/mol. The third-order valence-electron chi connectivity index (χ3n) is 7.24. The molecule has 5 aromatic rings. The van der Waals surface area contributed by atoms with Crippen molar-refractivity contribution in [2.75, 3.05) is 41.8 Å². The molecule has 0 aliphatic carbocycles. The van der Waals surface area contributed by atoms with Gasteiger partial charge in [-0.2, -0.15) is 0 Å². The molecule has 0 bridgehead atoms. The molecule has 0 atom stereocenters. The van der Waals surface area contributed by atoms with Gasteiger partial charge in [-0.05, 0) is 84.8 Å². The molecule has 2 aromatic heterocycles. The smallest absolute Gasteiger partial charge is 0.263 e. The number of amides is 1. The highest BCUT2D eigenvalue weighted by atomic mass is 16.5. The van der Waals surface area contributed by atoms with E-state index in [4.69, 9.17) is 4.74 Å². The lowest BCUT2D eigenvalue weighted by Crippen LogP contribution is -2.36. The van der Waals surface area contributed by atoms with E-state index in [0.29, 0.717) is 17.2 Å². The molecule has 1 amide bonds. The fourth-order valence-corrected chi connectivity index (χ4v) is 5.07. The summed E-state index contributed by atoms with van der Waals surface area (Å²) in [6.07, 6.45) is 4.78. The van der Waals surface area contributed by atoms with Gasteiger partial charge in [0.2, 0.25) is 11.9 Å². The first-order chi connectivity index (χ1) is 20.5. The lowest BCUT2D eigenvalue weighted by molar-refractivity contribution is -0.111. The highest BCUT2D eigenvalue weighted by Crippen LogP contribution is 2.26. The van der Waals surface area contributed by atoms with Crippen molar-refractivity contribution in [3.05, 3.63) is 114 Å². The number of nitrogens with zero attached hydrogens (tertiary/aromatic N) is 4. The molecule has 0 saturated carbocycles. The number of fused-ring (bicyclic) bond motifs is 1. The number of carbonyl (C=O) groups is 1. The summed E-state index contributed by atoms with van der Waals surface area (Å²) in [5, 5.41) is 6.73. The summed E-state index contributed by atoms with van der Waals surface area (Å²) in [4.78, 5) is 36.8. The third kappa shape index (κ3) is 5.63. The van der Waals surface area contributed by atoms with Gasteiger partial charge in [0.1, 0.15) is 0 Å². The van der Waals surface area contributed by atoms with E-state index in [1.54, 1.807) is 22.9 Å². The first-order valence-electron chi connectivity index (χ1n) is 13.7. The highest BCUT2D eigenvalue weighted by Gasteiger charge is 2.14. The minimum Gasteiger partial charge on any atom is -0.378 e. The van der Waals surface area contributed by atoms with E-state index in [-0.39, 0.29) is 11.5 Å². The molecule has 3 aromatic carbocycles. The molecule has 1 fully saturated rings. The van der Waals surface area contributed by atoms with Crippen LogP contribution in [0.1, 0.15) is 5.56 Å². The lowest BCUT2D eigenvalue weighted by atomic mass is 10.0. The first-order valence-corrected chi connectivity index (χ1v) is 13.7. The minimum absolute atomic E-state index is 0.0869. The van der Waals surface area contributed by atoms with E-state index in [0.717, 1.165) is 65.4 Å². The normalized spacial score (nSPS) is 13.1. The van der Waals surface area contributed by atoms with E-state index in [1.807, 2.05) is 61.7 Å². The summed E-state index contributed by atoms with van der Waals surface area (Å²) in [6, 6.07) is 23.1. The van der Waals surface area contributed by atoms with Crippen LogP contribution in [0.3, 0.4) is 0 Å². The zero-order valence-corrected chi connectivity index (χ0v) is 23.2. The van der Waals surface area contributed by atoms with Crippen LogP contribution in [0, 0.1) is 6.92 Å². The highest BCUT2D eigenvalue weighted by molar-refractivity contribution is 5.99. The van der Waals surface area contributed by atoms with Gasteiger partial charge in [0.15, 0.2) is 0 Å². The Hall–Kier alpha value is -5.28. The number of morpholine rings is 1. The Morgan fingerprint density at radius 3 is 2.52 bits per heavy atom. The van der Waals surface area contributed by atoms with Crippen molar-refractivity contribution in [2.24, 2.45) is 0 Å². The molecule has 0 unspecified atom stereocenters. The van der Waals surface area contributed by atoms with Crippen LogP contribution >= 0.6 is 0 Å². The molecular weight excluding hydrogens is 528 g/mol. The number of nitrogens with one attached hydrogen (secondary N) is 2. The second-order valence-electron chi connectivity index (χ2n) is 10.0. The van der Waals surface area contributed by atoms with Gasteiger partial charge in [0.05, 0.1) is 24.3 Å². The van der Waals surface area contributed by atoms with E-state index in [1.165, 1.54) is 6.08 Å². The quantitative estimate of drug-likeness (QED) is 0.256. The van der Waals surface area contributed by atoms with Crippen molar-refractivity contribution >= 4 is 39.8 Å². The van der Waals surface area contributed by atoms with Gasteiger partial charge in [-0.1, -0.05) is 18.7 Å². The molecule has 9 heteroatoms. The van der Waals surface area contributed by atoms with E-state index < -0.39 is 0 Å². The molecule has 3 heterocycles. The van der Waals surface area contributed by atoms with Gasteiger partial charge in [0, 0.05) is 53.6 Å². The van der Waals surface area contributed by atoms with Crippen molar-refractivity contribution in [3.63, 3.8) is 0 Å². The number of carbonyl (C=O) groups excluding carboxylic acids is 1. The molecule has 1 aliphatic heterocycles. The number of anilines is 4. The molecule has 6 rings (SSSR count). The maximum absolute atomic E-state index is 13.7. The zero-order valence-electron chi connectivity index (χ0n) is 23.2. The Kier molecular flexibility index (Phi) is 7.49. The van der Waals surface area contributed by atoms with Crippen LogP contribution < -0.4 is 21.1 Å². The number of aromatic nitrogens is 3. The van der Waals surface area contributed by atoms with Crippen LogP contribution in [-0.4, -0.2) is 46.7 Å². The van der Waals surface area contributed by atoms with Crippen molar-refractivity contribution in [2.45, 2.75) is 6.92 Å². The molecule has 9 nitrogen and oxygen atoms in total. The molecule has 210 valence electrons. The number of hydrogen-bond acceptors (Lipinski definition) is 7. The average molecular weight is 559 g/mol. The Bertz CT molecular complexity index is 1840. The minimum atomic E-state index is -0.285. The number of ether oxygens (including phenoxy) is 1. The van der Waals surface area contributed by atoms with E-state index >= 15 is 0 Å². The number of hydrogen-bond donors (Lipinski definition) is 2. The number of aryl methyl sites for hydroxylation is 1. The maximum Gasteiger partial charge on any atom is 0.263 e. The monoisotopic (exact) mass is 558 g/mol. The van der Waals surface area contributed by atoms with Gasteiger partial charge in [0.25, 0.3) is 5.56 Å². The number of pyridine rings is 1. The molecule has 1 saturated heterocycles. The molecule has 1 aliphatic rings. The predicted octanol–water partition coefficient (Wildman–Crippen LogP) is 5.46. The fraction of sp³-hybridized carbons (Fsp3) is 0.152. The number of rotatable bonds is 7. The van der Waals surface area contributed by atoms with Crippen LogP contribution in [0.2, 0.25) is 0 Å². The molecule has 2 N–H and O–H groups in total. The summed E-state index contributed by atoms with van der Waals surface area (Å²) < 4.78 is 7.14. The SMILES string of the molecule is C=CC(=O)Nc1cccc(Nc2ncc3cc(-c4c(C)ccn(-c5ccc(N6CCOCC6)cc5)c4=O)ccc3n2)c1. The van der Waals surface area contributed by atoms with Crippen LogP contribution in [0.5, 0.6) is 0 Å². The Morgan fingerprint density at radius 2 is 1.74 bits per heavy atom. The summed E-state index contributed by atoms with van der Waals surface area (Å²) in [6.45, 7) is 8.59. The second kappa shape index (κ2) is 11.7. The standard InChI is InChI=1S/C33H30N6O3/c1-3-30(40)35-25-5-4-6-26(20-25)36-33-34-21-24-19-23(7-12-29(24)37-33)31-22(2)13-14-39(32(31)41)28-10-8-27(9-11-28)38-15-17-42-18-16-38/h3-14,19-21H,1,15-18H2,2H3,(H,35,40)(H,34,36,37). The zero-order chi connectivity index (χ0) is 29.1. The molecule has 0 spiro atoms. The second-order valence-corrected chi connectivity index (χ2v) is 10.0. The van der Waals surface area contributed by atoms with Crippen molar-refractivity contribution in [1.82, 2.24) is 14.5 Å². The first kappa shape index (κ1) is 26.9. The lowest BCUT2D eigenvalue weighted by Gasteiger charge is -2.29. The van der Waals surface area contributed by atoms with Crippen LogP contribution in [0.4, 0.5) is 23.0 Å². The van der Waals surface area contributed by atoms with Crippen LogP contribution in [0.15, 0.2) is 103 Å². The summed E-state index contributed by atoms with van der Waals surface area (Å²) in [7, 11) is 0. The van der Waals surface area contributed by atoms with Crippen molar-refractivity contribution < 1.29 is 9.53 Å². The fourth-order valence-electron chi connectivity index (χ4n) is 5.07. The van der Waals surface area contributed by atoms with Gasteiger partial charge in [-0.15, -0.1) is 0 Å². The van der Waals surface area contributed by atoms with Crippen molar-refractivity contribution in [3.8, 4) is 16.8 Å². The molecular formula is C33H30N6O3. The molecule has 0 radical (unpaired) electrons. The van der Waals surface area contributed by atoms with E-state index in [9.17, 15) is 9.59 Å². The largest absolute Gasteiger partial charge is 0.378 e. The topological polar surface area (TPSA) is 101 Å². The number of benzene rings is 3.